The molecule has 4 aliphatic rings. The molecule has 2 N–H and O–H groups in total. The van der Waals surface area contributed by atoms with Crippen LogP contribution in [0.1, 0.15) is 72.1 Å². The summed E-state index contributed by atoms with van der Waals surface area (Å²) in [4.78, 5) is 16.4. The molecule has 57 heavy (non-hydrogen) atoms. The van der Waals surface area contributed by atoms with Gasteiger partial charge >= 0.3 is 5.97 Å². The lowest BCUT2D eigenvalue weighted by Crippen LogP contribution is -2.54. The Morgan fingerprint density at radius 3 is 2.14 bits per heavy atom. The number of anilines is 1. The highest BCUT2D eigenvalue weighted by Crippen LogP contribution is 2.52. The molecule has 312 valence electrons. The number of hydrogen-bond acceptors (Lipinski definition) is 8. The first-order valence-electron chi connectivity index (χ1n) is 19.6. The number of sulfonamides is 1. The van der Waals surface area contributed by atoms with Gasteiger partial charge in [-0.05, 0) is 76.5 Å². The van der Waals surface area contributed by atoms with E-state index in [1.165, 1.54) is 0 Å². The van der Waals surface area contributed by atoms with Crippen molar-refractivity contribution in [3.05, 3.63) is 63.7 Å². The van der Waals surface area contributed by atoms with Crippen LogP contribution < -0.4 is 24.8 Å². The highest BCUT2D eigenvalue weighted by Gasteiger charge is 2.54. The number of carbonyl (C=O) groups is 1. The summed E-state index contributed by atoms with van der Waals surface area (Å²) in [7, 11) is -4.01. The minimum Gasteiger partial charge on any atom is -0.466 e. The first-order valence-corrected chi connectivity index (χ1v) is 22.9. The molecule has 2 aromatic carbocycles. The molecule has 0 spiro atoms. The molecular formula is C42H54Cl4N3O7S+. The van der Waals surface area contributed by atoms with Gasteiger partial charge in [0.15, 0.2) is 5.54 Å². The average molecular weight is 887 g/mol. The van der Waals surface area contributed by atoms with Crippen LogP contribution in [0.5, 0.6) is 11.5 Å². The molecule has 0 amide bonds. The highest BCUT2D eigenvalue weighted by molar-refractivity contribution is 7.89. The van der Waals surface area contributed by atoms with E-state index in [4.69, 9.17) is 55.9 Å². The number of allylic oxidation sites excluding steroid dienone is 1. The van der Waals surface area contributed by atoms with Crippen LogP contribution in [0.25, 0.3) is 16.7 Å². The molecule has 3 aliphatic heterocycles. The molecular weight excluding hydrogens is 832 g/mol. The number of fused-ring (bicyclic) bond motifs is 4. The Kier molecular flexibility index (Phi) is 12.9. The molecule has 6 atom stereocenters. The van der Waals surface area contributed by atoms with Crippen molar-refractivity contribution in [1.82, 2.24) is 8.88 Å². The standard InChI is InChI=1S/C42H54Cl4N3O7S/c1-9-48-29-18-31-27(16-25(29)23(4)20-41(48,5)6)33(34-35(40(52)55-11-3)37(44)39(46)38(45)36(34)43)28-17-26-24(22-57(53,54)47(12-14-50)13-15-51)21-42(7,8)49(10-2)30(26)19-32(28)56-31/h16-21,34-39,50-51H,9-15,22H2,1-8H3/q+1. The number of hydrogen-bond donors (Lipinski definition) is 2. The van der Waals surface area contributed by atoms with Crippen LogP contribution in [0.15, 0.2) is 36.4 Å². The van der Waals surface area contributed by atoms with E-state index < -0.39 is 68.1 Å². The van der Waals surface area contributed by atoms with Gasteiger partial charge in [-0.3, -0.25) is 4.79 Å². The van der Waals surface area contributed by atoms with Gasteiger partial charge in [0.2, 0.25) is 15.4 Å². The van der Waals surface area contributed by atoms with Crippen LogP contribution in [0.4, 0.5) is 5.69 Å². The maximum absolute atomic E-state index is 14.0. The lowest BCUT2D eigenvalue weighted by atomic mass is 9.70. The van der Waals surface area contributed by atoms with Gasteiger partial charge < -0.3 is 24.6 Å². The Hall–Kier alpha value is -2.35. The van der Waals surface area contributed by atoms with Crippen LogP contribution in [0.3, 0.4) is 0 Å². The third-order valence-electron chi connectivity index (χ3n) is 11.8. The van der Waals surface area contributed by atoms with E-state index in [2.05, 4.69) is 55.4 Å². The molecule has 0 radical (unpaired) electrons. The third kappa shape index (κ3) is 7.78. The quantitative estimate of drug-likeness (QED) is 0.162. The Bertz CT molecular complexity index is 2240. The molecule has 10 nitrogen and oxygen atoms in total. The second-order valence-electron chi connectivity index (χ2n) is 16.2. The van der Waals surface area contributed by atoms with Crippen molar-refractivity contribution in [2.45, 2.75) is 88.0 Å². The molecule has 1 fully saturated rings. The van der Waals surface area contributed by atoms with Crippen molar-refractivity contribution < 1.29 is 32.9 Å². The smallest absolute Gasteiger partial charge is 0.311 e. The second-order valence-corrected chi connectivity index (χ2v) is 20.2. The SMILES string of the molecule is CCOC(=O)C1C(Cl)C(Cl)C(Cl)C(Cl)C1C1=c2cc3c(cc2Oc2cc4c(cc21)C(C)=CC(C)(C)N4CC)=[N+](CC)C(C)(C)C=C3CS(=O)(=O)N(CCO)CCO. The molecule has 0 bridgehead atoms. The average Bonchev–Trinajstić information content (AvgIpc) is 3.13. The molecule has 2 aromatic rings. The Morgan fingerprint density at radius 1 is 0.895 bits per heavy atom. The van der Waals surface area contributed by atoms with Gasteiger partial charge in [-0.1, -0.05) is 6.08 Å². The number of nitrogens with zero attached hydrogens (tertiary/aromatic N) is 3. The van der Waals surface area contributed by atoms with Crippen molar-refractivity contribution >= 4 is 84.8 Å². The maximum Gasteiger partial charge on any atom is 0.311 e. The number of alkyl halides is 4. The lowest BCUT2D eigenvalue weighted by Gasteiger charge is -2.45. The highest BCUT2D eigenvalue weighted by atomic mass is 35.5. The first kappa shape index (κ1) is 44.2. The number of aliphatic hydroxyl groups excluding tert-OH is 2. The summed E-state index contributed by atoms with van der Waals surface area (Å²) in [5.74, 6) is -1.68. The van der Waals surface area contributed by atoms with E-state index in [1.54, 1.807) is 6.92 Å². The molecule has 0 aromatic heterocycles. The monoisotopic (exact) mass is 884 g/mol. The van der Waals surface area contributed by atoms with Gasteiger partial charge in [-0.2, -0.15) is 4.31 Å². The number of aliphatic hydroxyl groups is 2. The molecule has 0 saturated heterocycles. The van der Waals surface area contributed by atoms with Crippen molar-refractivity contribution in [2.75, 3.05) is 56.7 Å². The van der Waals surface area contributed by atoms with Crippen molar-refractivity contribution in [3.8, 4) is 11.5 Å². The van der Waals surface area contributed by atoms with Gasteiger partial charge in [-0.25, -0.2) is 13.0 Å². The third-order valence-corrected chi connectivity index (χ3v) is 16.2. The van der Waals surface area contributed by atoms with Crippen LogP contribution in [-0.2, 0) is 19.6 Å². The normalized spacial score (nSPS) is 26.1. The van der Waals surface area contributed by atoms with Crippen molar-refractivity contribution in [1.29, 1.82) is 0 Å². The van der Waals surface area contributed by atoms with Crippen LogP contribution in [-0.4, -0.2) is 113 Å². The molecule has 3 heterocycles. The molecule has 1 aliphatic carbocycles. The van der Waals surface area contributed by atoms with E-state index in [9.17, 15) is 23.4 Å². The van der Waals surface area contributed by atoms with E-state index in [-0.39, 0.29) is 31.0 Å². The zero-order valence-electron chi connectivity index (χ0n) is 33.8. The van der Waals surface area contributed by atoms with Gasteiger partial charge in [0.05, 0.1) is 70.2 Å². The van der Waals surface area contributed by atoms with Gasteiger partial charge in [-0.15, -0.1) is 46.4 Å². The van der Waals surface area contributed by atoms with E-state index in [0.29, 0.717) is 45.5 Å². The number of ether oxygens (including phenoxy) is 2. The zero-order valence-corrected chi connectivity index (χ0v) is 37.6. The van der Waals surface area contributed by atoms with Crippen molar-refractivity contribution in [3.63, 3.8) is 0 Å². The second kappa shape index (κ2) is 16.6. The van der Waals surface area contributed by atoms with Gasteiger partial charge in [0.1, 0.15) is 18.0 Å². The summed E-state index contributed by atoms with van der Waals surface area (Å²) in [5.41, 5.74) is 4.75. The van der Waals surface area contributed by atoms with Gasteiger partial charge in [0.25, 0.3) is 0 Å². The number of carbonyl (C=O) groups excluding carboxylic acids is 1. The predicted octanol–water partition coefficient (Wildman–Crippen LogP) is 5.55. The minimum atomic E-state index is -4.01. The van der Waals surface area contributed by atoms with E-state index in [1.807, 2.05) is 39.0 Å². The fourth-order valence-electron chi connectivity index (χ4n) is 9.43. The summed E-state index contributed by atoms with van der Waals surface area (Å²) in [6.07, 6.45) is 4.19. The van der Waals surface area contributed by atoms with Crippen molar-refractivity contribution in [2.24, 2.45) is 11.8 Å². The molecule has 6 rings (SSSR count). The number of halogens is 4. The summed E-state index contributed by atoms with van der Waals surface area (Å²) >= 11 is 28.3. The van der Waals surface area contributed by atoms with Crippen LogP contribution in [0.2, 0.25) is 0 Å². The fraction of sp³-hybridized carbons (Fsp3) is 0.571. The Labute approximate surface area is 356 Å². The fourth-order valence-corrected chi connectivity index (χ4v) is 12.6. The summed E-state index contributed by atoms with van der Waals surface area (Å²) in [6.45, 7) is 16.7. The summed E-state index contributed by atoms with van der Waals surface area (Å²) in [6, 6.07) is 8.01. The molecule has 6 unspecified atom stereocenters. The number of benzene rings is 2. The largest absolute Gasteiger partial charge is 0.466 e. The first-order chi connectivity index (χ1) is 26.8. The number of likely N-dealkylation sites (N-methyl/N-ethyl adjacent to an activating group) is 2. The Morgan fingerprint density at radius 2 is 1.54 bits per heavy atom. The number of esters is 1. The van der Waals surface area contributed by atoms with Gasteiger partial charge in [0, 0.05) is 67.5 Å². The number of rotatable bonds is 12. The lowest BCUT2D eigenvalue weighted by molar-refractivity contribution is -0.149. The molecule has 1 saturated carbocycles. The maximum atomic E-state index is 14.0. The van der Waals surface area contributed by atoms with E-state index >= 15 is 0 Å². The topological polar surface area (TPSA) is 120 Å². The predicted molar refractivity (Wildman–Crippen MR) is 231 cm³/mol. The zero-order chi connectivity index (χ0) is 41.9. The minimum absolute atomic E-state index is 0.115. The van der Waals surface area contributed by atoms with Crippen LogP contribution >= 0.6 is 46.4 Å². The molecule has 15 heteroatoms. The summed E-state index contributed by atoms with van der Waals surface area (Å²) < 4.78 is 43.9. The summed E-state index contributed by atoms with van der Waals surface area (Å²) in [5, 5.41) is 17.3. The Balaban J connectivity index is 1.73. The van der Waals surface area contributed by atoms with E-state index in [0.717, 1.165) is 33.0 Å². The van der Waals surface area contributed by atoms with Crippen LogP contribution in [0, 0.1) is 11.8 Å².